The maximum absolute atomic E-state index is 12.6. The maximum atomic E-state index is 12.6. The molecule has 4 heteroatoms. The predicted octanol–water partition coefficient (Wildman–Crippen LogP) is 2.09. The van der Waals surface area contributed by atoms with Crippen molar-refractivity contribution in [3.05, 3.63) is 30.1 Å². The molecule has 0 aromatic heterocycles. The molecular formula is C11H11FN2O. The molecule has 0 bridgehead atoms. The van der Waals surface area contributed by atoms with Crippen molar-refractivity contribution in [2.75, 3.05) is 11.9 Å². The minimum Gasteiger partial charge on any atom is -0.315 e. The van der Waals surface area contributed by atoms with Gasteiger partial charge in [0, 0.05) is 25.6 Å². The fourth-order valence-electron chi connectivity index (χ4n) is 1.14. The normalized spacial score (nSPS) is 9.40. The molecule has 0 atom stereocenters. The van der Waals surface area contributed by atoms with Gasteiger partial charge in [-0.05, 0) is 24.3 Å². The Morgan fingerprint density at radius 3 is 2.60 bits per heavy atom. The van der Waals surface area contributed by atoms with E-state index in [1.54, 1.807) is 7.05 Å². The van der Waals surface area contributed by atoms with Crippen LogP contribution in [0.2, 0.25) is 0 Å². The molecule has 1 rings (SSSR count). The van der Waals surface area contributed by atoms with Crippen LogP contribution in [-0.4, -0.2) is 13.0 Å². The van der Waals surface area contributed by atoms with Crippen LogP contribution in [0.3, 0.4) is 0 Å². The molecule has 1 amide bonds. The Bertz CT molecular complexity index is 381. The van der Waals surface area contributed by atoms with E-state index in [-0.39, 0.29) is 24.6 Å². The second-order valence-electron chi connectivity index (χ2n) is 3.09. The first-order chi connectivity index (χ1) is 7.15. The number of nitriles is 1. The van der Waals surface area contributed by atoms with Gasteiger partial charge in [-0.1, -0.05) is 0 Å². The molecular weight excluding hydrogens is 195 g/mol. The zero-order chi connectivity index (χ0) is 11.3. The number of benzene rings is 1. The lowest BCUT2D eigenvalue weighted by molar-refractivity contribution is -0.118. The first-order valence-corrected chi connectivity index (χ1v) is 4.54. The zero-order valence-electron chi connectivity index (χ0n) is 8.40. The van der Waals surface area contributed by atoms with Crippen LogP contribution in [-0.2, 0) is 4.79 Å². The molecule has 0 aliphatic rings. The molecule has 0 heterocycles. The van der Waals surface area contributed by atoms with Gasteiger partial charge < -0.3 is 4.90 Å². The Labute approximate surface area is 87.7 Å². The number of rotatable bonds is 3. The highest BCUT2D eigenvalue weighted by atomic mass is 19.1. The van der Waals surface area contributed by atoms with Crippen LogP contribution < -0.4 is 4.90 Å². The summed E-state index contributed by atoms with van der Waals surface area (Å²) in [6.07, 6.45) is 0.384. The standard InChI is InChI=1S/C11H11FN2O/c1-14(11(15)3-2-8-13)10-6-4-9(12)5-7-10/h4-7H,2-3H2,1H3. The summed E-state index contributed by atoms with van der Waals surface area (Å²) in [5, 5.41) is 8.33. The Kier molecular flexibility index (Phi) is 3.81. The van der Waals surface area contributed by atoms with Crippen LogP contribution in [0, 0.1) is 17.1 Å². The van der Waals surface area contributed by atoms with Gasteiger partial charge in [0.2, 0.25) is 5.91 Å². The van der Waals surface area contributed by atoms with Crippen molar-refractivity contribution >= 4 is 11.6 Å². The highest BCUT2D eigenvalue weighted by Gasteiger charge is 2.09. The molecule has 0 aliphatic carbocycles. The molecule has 78 valence electrons. The maximum Gasteiger partial charge on any atom is 0.227 e. The molecule has 3 nitrogen and oxygen atoms in total. The molecule has 0 saturated heterocycles. The van der Waals surface area contributed by atoms with Gasteiger partial charge >= 0.3 is 0 Å². The molecule has 0 saturated carbocycles. The van der Waals surface area contributed by atoms with Gasteiger partial charge in [-0.3, -0.25) is 4.79 Å². The summed E-state index contributed by atoms with van der Waals surface area (Å²) in [5.41, 5.74) is 0.624. The second-order valence-corrected chi connectivity index (χ2v) is 3.09. The van der Waals surface area contributed by atoms with Gasteiger partial charge in [-0.25, -0.2) is 4.39 Å². The summed E-state index contributed by atoms with van der Waals surface area (Å²) in [5.74, 6) is -0.486. The van der Waals surface area contributed by atoms with E-state index in [9.17, 15) is 9.18 Å². The van der Waals surface area contributed by atoms with E-state index in [4.69, 9.17) is 5.26 Å². The summed E-state index contributed by atoms with van der Waals surface area (Å²) in [6, 6.07) is 7.55. The van der Waals surface area contributed by atoms with Crippen LogP contribution in [0.1, 0.15) is 12.8 Å². The van der Waals surface area contributed by atoms with Crippen molar-refractivity contribution < 1.29 is 9.18 Å². The Balaban J connectivity index is 2.68. The van der Waals surface area contributed by atoms with Crippen LogP contribution in [0.5, 0.6) is 0 Å². The molecule has 0 aliphatic heterocycles. The van der Waals surface area contributed by atoms with E-state index in [0.717, 1.165) is 0 Å². The first kappa shape index (κ1) is 11.2. The largest absolute Gasteiger partial charge is 0.315 e. The molecule has 0 unspecified atom stereocenters. The van der Waals surface area contributed by atoms with E-state index >= 15 is 0 Å². The predicted molar refractivity (Wildman–Crippen MR) is 54.7 cm³/mol. The molecule has 15 heavy (non-hydrogen) atoms. The van der Waals surface area contributed by atoms with Crippen molar-refractivity contribution in [2.24, 2.45) is 0 Å². The third-order valence-corrected chi connectivity index (χ3v) is 2.04. The van der Waals surface area contributed by atoms with Gasteiger partial charge in [0.05, 0.1) is 6.07 Å². The van der Waals surface area contributed by atoms with E-state index in [1.807, 2.05) is 6.07 Å². The Hall–Kier alpha value is -1.89. The quantitative estimate of drug-likeness (QED) is 0.760. The fraction of sp³-hybridized carbons (Fsp3) is 0.273. The minimum absolute atomic E-state index is 0.150. The third kappa shape index (κ3) is 3.06. The van der Waals surface area contributed by atoms with Crippen molar-refractivity contribution in [1.29, 1.82) is 5.26 Å². The third-order valence-electron chi connectivity index (χ3n) is 2.04. The van der Waals surface area contributed by atoms with E-state index in [0.29, 0.717) is 5.69 Å². The minimum atomic E-state index is -0.336. The average molecular weight is 206 g/mol. The van der Waals surface area contributed by atoms with Crippen LogP contribution in [0.25, 0.3) is 0 Å². The summed E-state index contributed by atoms with van der Waals surface area (Å²) in [4.78, 5) is 12.9. The van der Waals surface area contributed by atoms with Crippen molar-refractivity contribution in [1.82, 2.24) is 0 Å². The SMILES string of the molecule is CN(C(=O)CCC#N)c1ccc(F)cc1. The van der Waals surface area contributed by atoms with Gasteiger partial charge in [-0.15, -0.1) is 0 Å². The van der Waals surface area contributed by atoms with Gasteiger partial charge in [0.1, 0.15) is 5.82 Å². The molecule has 0 N–H and O–H groups in total. The fourth-order valence-corrected chi connectivity index (χ4v) is 1.14. The Morgan fingerprint density at radius 2 is 2.07 bits per heavy atom. The highest BCUT2D eigenvalue weighted by molar-refractivity contribution is 5.92. The monoisotopic (exact) mass is 206 g/mol. The average Bonchev–Trinajstić information content (AvgIpc) is 2.26. The topological polar surface area (TPSA) is 44.1 Å². The molecule has 1 aromatic carbocycles. The van der Waals surface area contributed by atoms with Crippen molar-refractivity contribution in [2.45, 2.75) is 12.8 Å². The van der Waals surface area contributed by atoms with E-state index in [2.05, 4.69) is 0 Å². The molecule has 0 fully saturated rings. The Morgan fingerprint density at radius 1 is 1.47 bits per heavy atom. The summed E-state index contributed by atoms with van der Waals surface area (Å²) in [6.45, 7) is 0. The van der Waals surface area contributed by atoms with Crippen molar-refractivity contribution in [3.8, 4) is 6.07 Å². The lowest BCUT2D eigenvalue weighted by atomic mass is 10.2. The lowest BCUT2D eigenvalue weighted by Crippen LogP contribution is -2.25. The number of carbonyl (C=O) groups is 1. The van der Waals surface area contributed by atoms with E-state index < -0.39 is 0 Å². The van der Waals surface area contributed by atoms with Crippen LogP contribution in [0.15, 0.2) is 24.3 Å². The lowest BCUT2D eigenvalue weighted by Gasteiger charge is -2.16. The van der Waals surface area contributed by atoms with Crippen molar-refractivity contribution in [3.63, 3.8) is 0 Å². The van der Waals surface area contributed by atoms with Gasteiger partial charge in [0.15, 0.2) is 0 Å². The number of carbonyl (C=O) groups excluding carboxylic acids is 1. The first-order valence-electron chi connectivity index (χ1n) is 4.54. The van der Waals surface area contributed by atoms with Crippen LogP contribution >= 0.6 is 0 Å². The van der Waals surface area contributed by atoms with Gasteiger partial charge in [0.25, 0.3) is 0 Å². The number of halogens is 1. The van der Waals surface area contributed by atoms with E-state index in [1.165, 1.54) is 29.2 Å². The van der Waals surface area contributed by atoms with Crippen LogP contribution in [0.4, 0.5) is 10.1 Å². The second kappa shape index (κ2) is 5.11. The smallest absolute Gasteiger partial charge is 0.227 e. The van der Waals surface area contributed by atoms with Gasteiger partial charge in [-0.2, -0.15) is 5.26 Å². The molecule has 0 radical (unpaired) electrons. The number of amides is 1. The molecule has 1 aromatic rings. The zero-order valence-corrected chi connectivity index (χ0v) is 8.40. The number of hydrogen-bond donors (Lipinski definition) is 0. The summed E-state index contributed by atoms with van der Waals surface area (Å²) < 4.78 is 12.6. The molecule has 0 spiro atoms. The summed E-state index contributed by atoms with van der Waals surface area (Å²) in [7, 11) is 1.60. The highest BCUT2D eigenvalue weighted by Crippen LogP contribution is 2.14. The number of nitrogens with zero attached hydrogens (tertiary/aromatic N) is 2. The summed E-state index contributed by atoms with van der Waals surface area (Å²) >= 11 is 0. The number of anilines is 1. The number of hydrogen-bond acceptors (Lipinski definition) is 2.